The number of fused-ring (bicyclic) bond motifs is 28. The number of amidine groups is 8. The Morgan fingerprint density at radius 1 is 0.237 bits per heavy atom. The number of ether oxygens (including phenoxy) is 2. The highest BCUT2D eigenvalue weighted by molar-refractivity contribution is 6.86. The second-order valence-corrected chi connectivity index (χ2v) is 34.1. The molecule has 538 valence electrons. The van der Waals surface area contributed by atoms with Crippen LogP contribution in [-0.2, 0) is 11.3 Å². The SMILES string of the molecule is c1ccc(COCCCOc2nc(O[Si]3(c4ccccc4)n4c5c6ccccc6c4N=C4N=C(N=c6c7ccccc7c(n63)=NC3=NC(=N5)c5ccccc53)c3ccccc34)nc(O[Si]3(c4ccccc4)n4c5c6ccccc6c4N=C4N=C(N=c6c7ccccc7c(n63)=NC3=NC(=N5)c5ccccc53)c3ccccc34)n2)cc1. The van der Waals surface area contributed by atoms with Crippen LogP contribution in [0.1, 0.15) is 56.5 Å². The summed E-state index contributed by atoms with van der Waals surface area (Å²) in [5.41, 5.74) is 9.23. The van der Waals surface area contributed by atoms with Crippen molar-refractivity contribution >= 4 is 141 Å². The Morgan fingerprint density at radius 2 is 0.500 bits per heavy atom. The first-order chi connectivity index (χ1) is 56.5. The van der Waals surface area contributed by atoms with E-state index in [-0.39, 0.29) is 24.6 Å². The largest absolute Gasteiger partial charge is 0.533 e. The number of aromatic nitrogens is 7. The summed E-state index contributed by atoms with van der Waals surface area (Å²) in [5, 5.41) is 7.31. The molecule has 0 fully saturated rings. The van der Waals surface area contributed by atoms with E-state index in [1.54, 1.807) is 0 Å². The predicted octanol–water partition coefficient (Wildman–Crippen LogP) is 12.2. The number of benzene rings is 11. The first-order valence-electron chi connectivity index (χ1n) is 37.5. The first-order valence-corrected chi connectivity index (χ1v) is 41.1. The summed E-state index contributed by atoms with van der Waals surface area (Å²) in [4.78, 5) is 84.7. The van der Waals surface area contributed by atoms with Gasteiger partial charge in [-0.25, -0.2) is 59.9 Å². The van der Waals surface area contributed by atoms with Crippen LogP contribution in [0.25, 0.3) is 43.1 Å². The Bertz CT molecular complexity index is 6780. The van der Waals surface area contributed by atoms with E-state index in [0.717, 1.165) is 93.2 Å². The minimum absolute atomic E-state index is 0.0828. The molecule has 2 unspecified atom stereocenters. The second-order valence-electron chi connectivity index (χ2n) is 28.3. The molecule has 25 heteroatoms. The van der Waals surface area contributed by atoms with E-state index in [9.17, 15) is 0 Å². The van der Waals surface area contributed by atoms with Gasteiger partial charge in [0, 0.05) is 104 Å². The van der Waals surface area contributed by atoms with Crippen LogP contribution in [0.15, 0.2) is 345 Å². The van der Waals surface area contributed by atoms with Gasteiger partial charge < -0.3 is 18.3 Å². The highest BCUT2D eigenvalue weighted by Crippen LogP contribution is 2.47. The molecule has 11 aromatic carbocycles. The van der Waals surface area contributed by atoms with Gasteiger partial charge in [0.05, 0.1) is 19.8 Å². The monoisotopic (exact) mass is 1510 g/mol. The maximum absolute atomic E-state index is 8.61. The Kier molecular flexibility index (Phi) is 13.8. The van der Waals surface area contributed by atoms with Gasteiger partial charge in [0.1, 0.15) is 45.2 Å². The van der Waals surface area contributed by atoms with Gasteiger partial charge >= 0.3 is 35.3 Å². The van der Waals surface area contributed by atoms with Crippen molar-refractivity contribution in [3.05, 3.63) is 357 Å². The van der Waals surface area contributed by atoms with E-state index >= 15 is 0 Å². The molecule has 8 aliphatic heterocycles. The summed E-state index contributed by atoms with van der Waals surface area (Å²) in [6, 6.07) is 94.6. The fourth-order valence-corrected chi connectivity index (χ4v) is 24.5. The number of nitrogens with zero attached hydrogens (tertiary/aromatic N) is 19. The fourth-order valence-electron chi connectivity index (χ4n) is 16.9. The molecule has 24 rings (SSSR count). The van der Waals surface area contributed by atoms with Crippen molar-refractivity contribution in [2.75, 3.05) is 13.2 Å². The van der Waals surface area contributed by atoms with Crippen LogP contribution in [0.5, 0.6) is 18.0 Å². The van der Waals surface area contributed by atoms with E-state index in [2.05, 4.69) is 89.7 Å². The van der Waals surface area contributed by atoms with Gasteiger partial charge in [0.15, 0.2) is 46.7 Å². The number of rotatable bonds is 13. The van der Waals surface area contributed by atoms with E-state index in [1.807, 2.05) is 212 Å². The van der Waals surface area contributed by atoms with Crippen molar-refractivity contribution in [1.29, 1.82) is 0 Å². The van der Waals surface area contributed by atoms with Crippen molar-refractivity contribution in [3.63, 3.8) is 0 Å². The minimum Gasteiger partial charge on any atom is -0.476 e. The Labute approximate surface area is 648 Å². The van der Waals surface area contributed by atoms with Crippen molar-refractivity contribution in [2.24, 2.45) is 59.9 Å². The zero-order valence-corrected chi connectivity index (χ0v) is 62.1. The first kappa shape index (κ1) is 63.8. The predicted molar refractivity (Wildman–Crippen MR) is 442 cm³/mol. The molecule has 0 saturated carbocycles. The molecule has 114 heavy (non-hydrogen) atoms. The third-order valence-electron chi connectivity index (χ3n) is 21.8. The summed E-state index contributed by atoms with van der Waals surface area (Å²) in [6.45, 7) is 0.821. The van der Waals surface area contributed by atoms with Crippen LogP contribution in [-0.4, -0.2) is 109 Å². The van der Waals surface area contributed by atoms with Gasteiger partial charge in [-0.05, 0) is 5.56 Å². The normalized spacial score (nSPS) is 17.2. The van der Waals surface area contributed by atoms with Crippen molar-refractivity contribution in [3.8, 4) is 18.0 Å². The third-order valence-corrected chi connectivity index (χ3v) is 29.1. The van der Waals surface area contributed by atoms with Crippen molar-refractivity contribution in [1.82, 2.24) is 31.9 Å². The Balaban J connectivity index is 0.838. The lowest BCUT2D eigenvalue weighted by Crippen LogP contribution is -2.71. The smallest absolute Gasteiger partial charge is 0.476 e. The second kappa shape index (κ2) is 24.7. The van der Waals surface area contributed by atoms with Gasteiger partial charge in [0.2, 0.25) is 0 Å². The summed E-state index contributed by atoms with van der Waals surface area (Å²) in [7, 11) is -9.87. The average Bonchev–Trinajstić information content (AvgIpc) is 1.52. The van der Waals surface area contributed by atoms with Gasteiger partial charge in [-0.15, -0.1) is 15.0 Å². The lowest BCUT2D eigenvalue weighted by molar-refractivity contribution is 0.105. The van der Waals surface area contributed by atoms with Crippen LogP contribution in [0, 0.1) is 0 Å². The highest BCUT2D eigenvalue weighted by atomic mass is 28.4. The molecule has 0 saturated heterocycles. The maximum Gasteiger partial charge on any atom is 0.533 e. The fraction of sp³-hybridized carbons (Fsp3) is 0.0449. The molecule has 0 amide bonds. The molecule has 16 aromatic rings. The molecule has 8 aliphatic rings. The number of hydrogen-bond acceptors (Lipinski definition) is 19. The molecule has 0 spiro atoms. The molecule has 0 aliphatic carbocycles. The zero-order valence-electron chi connectivity index (χ0n) is 60.1. The average molecular weight is 1510 g/mol. The molecule has 0 radical (unpaired) electrons. The van der Waals surface area contributed by atoms with Gasteiger partial charge in [0.25, 0.3) is 0 Å². The quantitative estimate of drug-likeness (QED) is 0.0797. The van der Waals surface area contributed by atoms with Crippen LogP contribution in [0.4, 0.5) is 23.3 Å². The molecule has 2 atom stereocenters. The van der Waals surface area contributed by atoms with Gasteiger partial charge in [-0.1, -0.05) is 285 Å². The summed E-state index contributed by atoms with van der Waals surface area (Å²) in [5.74, 6) is 5.37. The molecule has 13 heterocycles. The molecular formula is C89H55N19O4Si2. The molecular weight excluding hydrogens is 1460 g/mol. The van der Waals surface area contributed by atoms with Gasteiger partial charge in [-0.3, -0.25) is 16.9 Å². The standard InChI is InChI=1S/C89H55N19O4Si2/c1-4-27-52(28-5-1)51-109-49-26-50-110-87-102-88(111-113(53-29-6-2-7-30-53)105-79-63-41-18-19-42-64(63)81(105)96-73-57-35-12-13-36-58(57)74(91-73)97-82-66-44-21-20-43-65(66)80(106(82)113)95-72-56-34-11-10-33-55(56)71(90-72)94-79)104-89(103-87)112-114(54-31-8-3-9-32-54)107-83-67-45-22-23-46-68(67)85(107)100-77-61-39-16-17-40-62(61)78(93-77)101-86-70-48-25-24-47-69(70)84(108(86)114)99-76-60-38-15-14-37-59(60)75(92-76)98-83/h1-25,27-48H,26,49-51H2. The van der Waals surface area contributed by atoms with E-state index < -0.39 is 17.3 Å². The van der Waals surface area contributed by atoms with Gasteiger partial charge in [-0.2, -0.15) is 0 Å². The van der Waals surface area contributed by atoms with E-state index in [4.69, 9.17) is 93.2 Å². The summed E-state index contributed by atoms with van der Waals surface area (Å²) < 4.78 is 39.1. The van der Waals surface area contributed by atoms with Crippen molar-refractivity contribution < 1.29 is 18.3 Å². The number of hydrogen-bond donors (Lipinski definition) is 0. The molecule has 0 N–H and O–H groups in total. The molecule has 5 aromatic heterocycles. The van der Waals surface area contributed by atoms with E-state index in [0.29, 0.717) is 122 Å². The van der Waals surface area contributed by atoms with Crippen LogP contribution in [0.2, 0.25) is 0 Å². The summed E-state index contributed by atoms with van der Waals surface area (Å²) in [6.07, 6.45) is 0.428. The minimum atomic E-state index is -4.93. The molecule has 12 bridgehead atoms. The lowest BCUT2D eigenvalue weighted by Gasteiger charge is -2.35. The third kappa shape index (κ3) is 9.41. The van der Waals surface area contributed by atoms with Crippen LogP contribution in [0.3, 0.4) is 0 Å². The topological polar surface area (TPSA) is 244 Å². The molecule has 23 nitrogen and oxygen atoms in total. The highest BCUT2D eigenvalue weighted by Gasteiger charge is 2.57. The Morgan fingerprint density at radius 3 is 0.816 bits per heavy atom. The van der Waals surface area contributed by atoms with Crippen LogP contribution < -0.4 is 45.9 Å². The lowest BCUT2D eigenvalue weighted by atomic mass is 10.1. The zero-order chi connectivity index (χ0) is 74.7. The number of aliphatic imine (C=N–C) groups is 8. The Hall–Kier alpha value is -15.1. The maximum atomic E-state index is 8.61. The van der Waals surface area contributed by atoms with E-state index in [1.165, 1.54) is 0 Å². The summed E-state index contributed by atoms with van der Waals surface area (Å²) >= 11 is 0. The van der Waals surface area contributed by atoms with Crippen LogP contribution >= 0.6 is 0 Å². The van der Waals surface area contributed by atoms with Crippen molar-refractivity contribution in [2.45, 2.75) is 13.0 Å².